The lowest BCUT2D eigenvalue weighted by molar-refractivity contribution is -0.131. The van der Waals surface area contributed by atoms with Crippen LogP contribution in [0.3, 0.4) is 0 Å². The van der Waals surface area contributed by atoms with Crippen LogP contribution in [0.4, 0.5) is 0 Å². The van der Waals surface area contributed by atoms with Crippen molar-refractivity contribution in [3.8, 4) is 0 Å². The molecule has 0 aliphatic carbocycles. The maximum absolute atomic E-state index is 12.3. The number of benzene rings is 1. The minimum absolute atomic E-state index is 0.00931. The average Bonchev–Trinajstić information content (AvgIpc) is 2.81. The first-order valence-corrected chi connectivity index (χ1v) is 9.30. The largest absolute Gasteiger partial charge is 0.340 e. The Morgan fingerprint density at radius 2 is 1.95 bits per heavy atom. The fraction of sp³-hybridized carbons (Fsp3) is 0.562. The smallest absolute Gasteiger partial charge is 0.236 e. The molecule has 0 saturated carbocycles. The van der Waals surface area contributed by atoms with Crippen LogP contribution >= 0.6 is 0 Å². The molecule has 0 radical (unpaired) electrons. The van der Waals surface area contributed by atoms with E-state index in [9.17, 15) is 13.2 Å². The number of rotatable bonds is 5. The maximum Gasteiger partial charge on any atom is 0.236 e. The predicted molar refractivity (Wildman–Crippen MR) is 87.3 cm³/mol. The van der Waals surface area contributed by atoms with Gasteiger partial charge in [0.15, 0.2) is 9.84 Å². The molecule has 0 spiro atoms. The van der Waals surface area contributed by atoms with Gasteiger partial charge in [0, 0.05) is 19.6 Å². The van der Waals surface area contributed by atoms with Gasteiger partial charge in [0.1, 0.15) is 0 Å². The number of amides is 1. The summed E-state index contributed by atoms with van der Waals surface area (Å²) in [6.45, 7) is 2.86. The lowest BCUT2D eigenvalue weighted by Crippen LogP contribution is -2.41. The van der Waals surface area contributed by atoms with Gasteiger partial charge in [0.2, 0.25) is 5.91 Å². The second kappa shape index (κ2) is 6.79. The average molecular weight is 324 g/mol. The van der Waals surface area contributed by atoms with E-state index >= 15 is 0 Å². The molecule has 0 N–H and O–H groups in total. The third-order valence-corrected chi connectivity index (χ3v) is 6.06. The fourth-order valence-corrected chi connectivity index (χ4v) is 4.52. The van der Waals surface area contributed by atoms with Gasteiger partial charge in [0.05, 0.1) is 18.1 Å². The SMILES string of the molecule is Cc1ccccc1CN(C)C(=O)CN(C)C1CCS(=O)(=O)C1. The Morgan fingerprint density at radius 1 is 1.27 bits per heavy atom. The van der Waals surface area contributed by atoms with Gasteiger partial charge >= 0.3 is 0 Å². The van der Waals surface area contributed by atoms with Crippen molar-refractivity contribution in [2.75, 3.05) is 32.1 Å². The summed E-state index contributed by atoms with van der Waals surface area (Å²) < 4.78 is 23.0. The number of hydrogen-bond donors (Lipinski definition) is 0. The van der Waals surface area contributed by atoms with Gasteiger partial charge in [-0.05, 0) is 31.5 Å². The maximum atomic E-state index is 12.3. The normalized spacial score (nSPS) is 20.3. The quantitative estimate of drug-likeness (QED) is 0.813. The Labute approximate surface area is 132 Å². The van der Waals surface area contributed by atoms with Gasteiger partial charge in [-0.2, -0.15) is 0 Å². The first-order valence-electron chi connectivity index (χ1n) is 7.47. The van der Waals surface area contributed by atoms with Gasteiger partial charge in [-0.15, -0.1) is 0 Å². The summed E-state index contributed by atoms with van der Waals surface area (Å²) in [7, 11) is 0.693. The van der Waals surface area contributed by atoms with E-state index in [0.717, 1.165) is 11.1 Å². The van der Waals surface area contributed by atoms with E-state index < -0.39 is 9.84 Å². The molecule has 0 bridgehead atoms. The van der Waals surface area contributed by atoms with Crippen molar-refractivity contribution < 1.29 is 13.2 Å². The summed E-state index contributed by atoms with van der Waals surface area (Å²) in [5, 5.41) is 0. The highest BCUT2D eigenvalue weighted by Gasteiger charge is 2.31. The highest BCUT2D eigenvalue weighted by molar-refractivity contribution is 7.91. The van der Waals surface area contributed by atoms with Gasteiger partial charge in [-0.3, -0.25) is 9.69 Å². The zero-order chi connectivity index (χ0) is 16.3. The highest BCUT2D eigenvalue weighted by atomic mass is 32.2. The number of hydrogen-bond acceptors (Lipinski definition) is 4. The van der Waals surface area contributed by atoms with Crippen LogP contribution in [-0.4, -0.2) is 62.3 Å². The molecule has 6 heteroatoms. The molecule has 1 atom stereocenters. The summed E-state index contributed by atoms with van der Waals surface area (Å²) in [4.78, 5) is 15.9. The second-order valence-corrected chi connectivity index (χ2v) is 8.38. The van der Waals surface area contributed by atoms with E-state index in [2.05, 4.69) is 0 Å². The van der Waals surface area contributed by atoms with Gasteiger partial charge < -0.3 is 4.90 Å². The second-order valence-electron chi connectivity index (χ2n) is 6.15. The van der Waals surface area contributed by atoms with E-state index in [-0.39, 0.29) is 30.0 Å². The summed E-state index contributed by atoms with van der Waals surface area (Å²) in [5.41, 5.74) is 2.29. The van der Waals surface area contributed by atoms with Crippen LogP contribution in [0, 0.1) is 6.92 Å². The van der Waals surface area contributed by atoms with Crippen LogP contribution in [0.5, 0.6) is 0 Å². The molecule has 1 heterocycles. The lowest BCUT2D eigenvalue weighted by Gasteiger charge is -2.26. The molecule has 22 heavy (non-hydrogen) atoms. The van der Waals surface area contributed by atoms with Crippen LogP contribution in [0.15, 0.2) is 24.3 Å². The first kappa shape index (κ1) is 17.0. The molecular formula is C16H24N2O3S. The zero-order valence-corrected chi connectivity index (χ0v) is 14.3. The third kappa shape index (κ3) is 4.30. The molecule has 1 amide bonds. The van der Waals surface area contributed by atoms with Gasteiger partial charge in [0.25, 0.3) is 0 Å². The Kier molecular flexibility index (Phi) is 5.24. The molecule has 1 aliphatic heterocycles. The summed E-state index contributed by atoms with van der Waals surface area (Å²) in [6, 6.07) is 7.96. The van der Waals surface area contributed by atoms with Crippen LogP contribution in [0.2, 0.25) is 0 Å². The van der Waals surface area contributed by atoms with E-state index in [0.29, 0.717) is 13.0 Å². The van der Waals surface area contributed by atoms with E-state index in [1.165, 1.54) is 0 Å². The first-order chi connectivity index (χ1) is 10.3. The van der Waals surface area contributed by atoms with Crippen molar-refractivity contribution >= 4 is 15.7 Å². The Hall–Kier alpha value is -1.40. The molecule has 5 nitrogen and oxygen atoms in total. The Morgan fingerprint density at radius 3 is 2.55 bits per heavy atom. The predicted octanol–water partition coefficient (Wildman–Crippen LogP) is 1.07. The summed E-state index contributed by atoms with van der Waals surface area (Å²) in [5.74, 6) is 0.406. The standard InChI is InChI=1S/C16H24N2O3S/c1-13-6-4-5-7-14(13)10-18(3)16(19)11-17(2)15-8-9-22(20,21)12-15/h4-7,15H,8-12H2,1-3H3. The minimum atomic E-state index is -2.92. The number of carbonyl (C=O) groups excluding carboxylic acids is 1. The summed E-state index contributed by atoms with van der Waals surface area (Å²) >= 11 is 0. The van der Waals surface area contributed by atoms with E-state index in [1.54, 1.807) is 11.9 Å². The lowest BCUT2D eigenvalue weighted by atomic mass is 10.1. The van der Waals surface area contributed by atoms with Crippen molar-refractivity contribution in [2.24, 2.45) is 0 Å². The Balaban J connectivity index is 1.90. The molecule has 0 aromatic heterocycles. The third-order valence-electron chi connectivity index (χ3n) is 4.31. The fourth-order valence-electron chi connectivity index (χ4n) is 2.72. The molecule has 122 valence electrons. The zero-order valence-electron chi connectivity index (χ0n) is 13.4. The number of nitrogens with zero attached hydrogens (tertiary/aromatic N) is 2. The van der Waals surface area contributed by atoms with Gasteiger partial charge in [-0.25, -0.2) is 8.42 Å². The molecule has 1 unspecified atom stereocenters. The Bertz CT molecular complexity index is 643. The number of likely N-dealkylation sites (N-methyl/N-ethyl adjacent to an activating group) is 2. The van der Waals surface area contributed by atoms with Crippen molar-refractivity contribution in [3.63, 3.8) is 0 Å². The molecule has 1 fully saturated rings. The van der Waals surface area contributed by atoms with Crippen molar-refractivity contribution in [2.45, 2.75) is 25.9 Å². The highest BCUT2D eigenvalue weighted by Crippen LogP contribution is 2.16. The van der Waals surface area contributed by atoms with Gasteiger partial charge in [-0.1, -0.05) is 24.3 Å². The van der Waals surface area contributed by atoms with Crippen LogP contribution < -0.4 is 0 Å². The number of carbonyl (C=O) groups is 1. The van der Waals surface area contributed by atoms with Crippen molar-refractivity contribution in [1.82, 2.24) is 9.80 Å². The van der Waals surface area contributed by atoms with Crippen LogP contribution in [-0.2, 0) is 21.2 Å². The monoisotopic (exact) mass is 324 g/mol. The van der Waals surface area contributed by atoms with Crippen molar-refractivity contribution in [3.05, 3.63) is 35.4 Å². The molecule has 2 rings (SSSR count). The number of aryl methyl sites for hydroxylation is 1. The topological polar surface area (TPSA) is 57.7 Å². The van der Waals surface area contributed by atoms with E-state index in [4.69, 9.17) is 0 Å². The van der Waals surface area contributed by atoms with Crippen LogP contribution in [0.1, 0.15) is 17.5 Å². The molecule has 1 aromatic rings. The minimum Gasteiger partial charge on any atom is -0.340 e. The van der Waals surface area contributed by atoms with E-state index in [1.807, 2.05) is 43.1 Å². The molecule has 1 aliphatic rings. The van der Waals surface area contributed by atoms with Crippen LogP contribution in [0.25, 0.3) is 0 Å². The number of sulfone groups is 1. The molecule has 1 saturated heterocycles. The van der Waals surface area contributed by atoms with Crippen molar-refractivity contribution in [1.29, 1.82) is 0 Å². The molecular weight excluding hydrogens is 300 g/mol. The molecule has 1 aromatic carbocycles. The summed E-state index contributed by atoms with van der Waals surface area (Å²) in [6.07, 6.45) is 0.619.